The molecule has 118 valence electrons. The van der Waals surface area contributed by atoms with Crippen LogP contribution in [0.5, 0.6) is 0 Å². The third-order valence-corrected chi connectivity index (χ3v) is 3.50. The van der Waals surface area contributed by atoms with Crippen LogP contribution in [0.4, 0.5) is 0 Å². The number of rotatable bonds is 6. The summed E-state index contributed by atoms with van der Waals surface area (Å²) < 4.78 is 0. The zero-order valence-electron chi connectivity index (χ0n) is 13.3. The Kier molecular flexibility index (Phi) is 5.20. The summed E-state index contributed by atoms with van der Waals surface area (Å²) in [6, 6.07) is 7.41. The van der Waals surface area contributed by atoms with E-state index < -0.39 is 6.04 Å². The van der Waals surface area contributed by atoms with E-state index in [2.05, 4.69) is 15.6 Å². The van der Waals surface area contributed by atoms with Crippen LogP contribution in [0.1, 0.15) is 32.8 Å². The van der Waals surface area contributed by atoms with Gasteiger partial charge in [0, 0.05) is 36.0 Å². The summed E-state index contributed by atoms with van der Waals surface area (Å²) in [5.74, 6) is -0.272. The molecule has 0 fully saturated rings. The third kappa shape index (κ3) is 3.87. The molecule has 22 heavy (non-hydrogen) atoms. The first kappa shape index (κ1) is 16.1. The minimum atomic E-state index is -0.561. The fourth-order valence-electron chi connectivity index (χ4n) is 2.41. The van der Waals surface area contributed by atoms with E-state index >= 15 is 0 Å². The number of aromatic nitrogens is 1. The van der Waals surface area contributed by atoms with Gasteiger partial charge in [-0.25, -0.2) is 0 Å². The maximum atomic E-state index is 12.3. The van der Waals surface area contributed by atoms with E-state index in [1.165, 1.54) is 0 Å². The number of aromatic amines is 1. The standard InChI is InChI=1S/C17H23N3O2/c1-4-16(21)20-15(17(22)19-11(2)3)9-12-10-18-14-8-6-5-7-13(12)14/h5-8,10-11,15,18H,4,9H2,1-3H3,(H,19,22)(H,20,21)/t15-/m0/s1. The lowest BCUT2D eigenvalue weighted by atomic mass is 10.0. The van der Waals surface area contributed by atoms with Gasteiger partial charge in [-0.2, -0.15) is 0 Å². The first-order valence-electron chi connectivity index (χ1n) is 7.66. The first-order chi connectivity index (χ1) is 10.5. The Bertz CT molecular complexity index is 661. The highest BCUT2D eigenvalue weighted by atomic mass is 16.2. The number of benzene rings is 1. The van der Waals surface area contributed by atoms with Crippen LogP contribution in [-0.4, -0.2) is 28.9 Å². The van der Waals surface area contributed by atoms with Crippen molar-refractivity contribution in [3.8, 4) is 0 Å². The number of nitrogens with one attached hydrogen (secondary N) is 3. The van der Waals surface area contributed by atoms with Crippen molar-refractivity contribution in [3.05, 3.63) is 36.0 Å². The molecule has 0 bridgehead atoms. The highest BCUT2D eigenvalue weighted by molar-refractivity contribution is 5.89. The van der Waals surface area contributed by atoms with Gasteiger partial charge in [0.2, 0.25) is 11.8 Å². The van der Waals surface area contributed by atoms with E-state index in [-0.39, 0.29) is 17.9 Å². The van der Waals surface area contributed by atoms with Crippen molar-refractivity contribution >= 4 is 22.7 Å². The predicted molar refractivity (Wildman–Crippen MR) is 87.5 cm³/mol. The highest BCUT2D eigenvalue weighted by Gasteiger charge is 2.22. The van der Waals surface area contributed by atoms with Crippen molar-refractivity contribution in [2.45, 2.75) is 45.7 Å². The lowest BCUT2D eigenvalue weighted by Gasteiger charge is -2.19. The molecule has 1 heterocycles. The molecule has 1 atom stereocenters. The Hall–Kier alpha value is -2.30. The second-order valence-electron chi connectivity index (χ2n) is 5.70. The second kappa shape index (κ2) is 7.11. The summed E-state index contributed by atoms with van der Waals surface area (Å²) in [6.45, 7) is 5.59. The Morgan fingerprint density at radius 2 is 1.91 bits per heavy atom. The van der Waals surface area contributed by atoms with Gasteiger partial charge in [0.1, 0.15) is 6.04 Å². The molecule has 2 amide bonds. The summed E-state index contributed by atoms with van der Waals surface area (Å²) in [5, 5.41) is 6.76. The molecule has 2 rings (SSSR count). The normalized spacial score (nSPS) is 12.4. The molecule has 5 nitrogen and oxygen atoms in total. The first-order valence-corrected chi connectivity index (χ1v) is 7.66. The Balaban J connectivity index is 2.21. The molecule has 0 radical (unpaired) electrons. The maximum Gasteiger partial charge on any atom is 0.243 e. The molecule has 0 saturated heterocycles. The highest BCUT2D eigenvalue weighted by Crippen LogP contribution is 2.19. The lowest BCUT2D eigenvalue weighted by molar-refractivity contribution is -0.129. The molecule has 0 aliphatic rings. The SMILES string of the molecule is CCC(=O)N[C@@H](Cc1c[nH]c2ccccc12)C(=O)NC(C)C. The van der Waals surface area contributed by atoms with Crippen LogP contribution in [0.2, 0.25) is 0 Å². The number of hydrogen-bond acceptors (Lipinski definition) is 2. The van der Waals surface area contributed by atoms with Crippen molar-refractivity contribution in [2.24, 2.45) is 0 Å². The molecule has 3 N–H and O–H groups in total. The number of hydrogen-bond donors (Lipinski definition) is 3. The number of para-hydroxylation sites is 1. The van der Waals surface area contributed by atoms with E-state index in [1.54, 1.807) is 6.92 Å². The van der Waals surface area contributed by atoms with Gasteiger partial charge in [-0.15, -0.1) is 0 Å². The summed E-state index contributed by atoms with van der Waals surface area (Å²) >= 11 is 0. The monoisotopic (exact) mass is 301 g/mol. The fraction of sp³-hybridized carbons (Fsp3) is 0.412. The van der Waals surface area contributed by atoms with Crippen LogP contribution >= 0.6 is 0 Å². The van der Waals surface area contributed by atoms with Gasteiger partial charge in [-0.05, 0) is 25.5 Å². The van der Waals surface area contributed by atoms with Crippen molar-refractivity contribution < 1.29 is 9.59 Å². The van der Waals surface area contributed by atoms with Gasteiger partial charge in [0.25, 0.3) is 0 Å². The van der Waals surface area contributed by atoms with Crippen LogP contribution in [0.15, 0.2) is 30.5 Å². The zero-order chi connectivity index (χ0) is 16.1. The largest absolute Gasteiger partial charge is 0.361 e. The quantitative estimate of drug-likeness (QED) is 0.764. The average molecular weight is 301 g/mol. The van der Waals surface area contributed by atoms with Gasteiger partial charge in [0.05, 0.1) is 0 Å². The van der Waals surface area contributed by atoms with Crippen molar-refractivity contribution in [1.29, 1.82) is 0 Å². The van der Waals surface area contributed by atoms with Crippen molar-refractivity contribution in [1.82, 2.24) is 15.6 Å². The number of fused-ring (bicyclic) bond motifs is 1. The van der Waals surface area contributed by atoms with Crippen molar-refractivity contribution in [3.63, 3.8) is 0 Å². The molecule has 0 aliphatic heterocycles. The van der Waals surface area contributed by atoms with Crippen molar-refractivity contribution in [2.75, 3.05) is 0 Å². The Labute approximate surface area is 130 Å². The smallest absolute Gasteiger partial charge is 0.243 e. The second-order valence-corrected chi connectivity index (χ2v) is 5.70. The third-order valence-electron chi connectivity index (χ3n) is 3.50. The summed E-state index contributed by atoms with van der Waals surface area (Å²) in [5.41, 5.74) is 2.05. The molecule has 0 aliphatic carbocycles. The van der Waals surface area contributed by atoms with E-state index in [9.17, 15) is 9.59 Å². The van der Waals surface area contributed by atoms with Gasteiger partial charge < -0.3 is 15.6 Å². The Morgan fingerprint density at radius 1 is 1.18 bits per heavy atom. The molecule has 2 aromatic rings. The lowest BCUT2D eigenvalue weighted by Crippen LogP contribution is -2.49. The number of amides is 2. The predicted octanol–water partition coefficient (Wildman–Crippen LogP) is 2.13. The molecule has 5 heteroatoms. The van der Waals surface area contributed by atoms with Gasteiger partial charge >= 0.3 is 0 Å². The Morgan fingerprint density at radius 3 is 2.59 bits per heavy atom. The topological polar surface area (TPSA) is 74.0 Å². The molecule has 0 spiro atoms. The number of H-pyrrole nitrogens is 1. The van der Waals surface area contributed by atoms with E-state index in [4.69, 9.17) is 0 Å². The van der Waals surface area contributed by atoms with Crippen LogP contribution < -0.4 is 10.6 Å². The average Bonchev–Trinajstić information content (AvgIpc) is 2.89. The molecular formula is C17H23N3O2. The van der Waals surface area contributed by atoms with Gasteiger partial charge in [-0.1, -0.05) is 25.1 Å². The van der Waals surface area contributed by atoms with Gasteiger partial charge in [-0.3, -0.25) is 9.59 Å². The fourth-order valence-corrected chi connectivity index (χ4v) is 2.41. The summed E-state index contributed by atoms with van der Waals surface area (Å²) in [6.07, 6.45) is 2.73. The molecular weight excluding hydrogens is 278 g/mol. The van der Waals surface area contributed by atoms with Crippen LogP contribution in [0, 0.1) is 0 Å². The van der Waals surface area contributed by atoms with E-state index in [0.29, 0.717) is 12.8 Å². The summed E-state index contributed by atoms with van der Waals surface area (Å²) in [4.78, 5) is 27.2. The molecule has 0 saturated carbocycles. The van der Waals surface area contributed by atoms with E-state index in [0.717, 1.165) is 16.5 Å². The zero-order valence-corrected chi connectivity index (χ0v) is 13.3. The number of carbonyl (C=O) groups is 2. The van der Waals surface area contributed by atoms with E-state index in [1.807, 2.05) is 44.3 Å². The minimum absolute atomic E-state index is 0.0384. The summed E-state index contributed by atoms with van der Waals surface area (Å²) in [7, 11) is 0. The minimum Gasteiger partial charge on any atom is -0.361 e. The van der Waals surface area contributed by atoms with Crippen LogP contribution in [0.25, 0.3) is 10.9 Å². The van der Waals surface area contributed by atoms with Crippen LogP contribution in [-0.2, 0) is 16.0 Å². The van der Waals surface area contributed by atoms with Gasteiger partial charge in [0.15, 0.2) is 0 Å². The molecule has 0 unspecified atom stereocenters. The molecule has 1 aromatic heterocycles. The number of carbonyl (C=O) groups excluding carboxylic acids is 2. The molecule has 1 aromatic carbocycles. The maximum absolute atomic E-state index is 12.3. The van der Waals surface area contributed by atoms with Crippen LogP contribution in [0.3, 0.4) is 0 Å².